The van der Waals surface area contributed by atoms with E-state index in [1.54, 1.807) is 5.57 Å². The summed E-state index contributed by atoms with van der Waals surface area (Å²) in [5.74, 6) is 1.03. The van der Waals surface area contributed by atoms with Gasteiger partial charge in [-0.15, -0.1) is 0 Å². The fraction of sp³-hybridized carbons (Fsp3) is 0.0909. The Bertz CT molecular complexity index is 979. The highest BCUT2D eigenvalue weighted by molar-refractivity contribution is 6.09. The average molecular weight is 278 g/mol. The topological polar surface area (TPSA) is 0 Å². The summed E-state index contributed by atoms with van der Waals surface area (Å²) in [6.07, 6.45) is 9.49. The zero-order valence-corrected chi connectivity index (χ0v) is 12.1. The van der Waals surface area contributed by atoms with Crippen LogP contribution < -0.4 is 0 Å². The van der Waals surface area contributed by atoms with Gasteiger partial charge in [0.25, 0.3) is 0 Å². The van der Waals surface area contributed by atoms with E-state index < -0.39 is 0 Å². The van der Waals surface area contributed by atoms with Gasteiger partial charge in [-0.05, 0) is 44.5 Å². The largest absolute Gasteiger partial charge is 0.0754 e. The molecule has 0 nitrogen and oxygen atoms in total. The summed E-state index contributed by atoms with van der Waals surface area (Å²) >= 11 is 0. The molecule has 0 N–H and O–H groups in total. The lowest BCUT2D eigenvalue weighted by molar-refractivity contribution is 0.732. The Morgan fingerprint density at radius 2 is 1.50 bits per heavy atom. The van der Waals surface area contributed by atoms with E-state index in [1.807, 2.05) is 0 Å². The first-order valence-corrected chi connectivity index (χ1v) is 7.97. The molecule has 0 spiro atoms. The quantitative estimate of drug-likeness (QED) is 0.620. The van der Waals surface area contributed by atoms with Crippen molar-refractivity contribution in [3.8, 4) is 0 Å². The van der Waals surface area contributed by atoms with Crippen molar-refractivity contribution in [1.82, 2.24) is 0 Å². The van der Waals surface area contributed by atoms with Crippen molar-refractivity contribution in [3.63, 3.8) is 0 Å². The molecular weight excluding hydrogens is 264 g/mol. The number of hydrogen-bond donors (Lipinski definition) is 0. The molecule has 0 radical (unpaired) electrons. The Hall–Kier alpha value is -2.60. The highest BCUT2D eigenvalue weighted by Gasteiger charge is 2.44. The molecule has 0 aliphatic heterocycles. The van der Waals surface area contributed by atoms with E-state index in [2.05, 4.69) is 72.8 Å². The van der Waals surface area contributed by atoms with Gasteiger partial charge < -0.3 is 0 Å². The van der Waals surface area contributed by atoms with Gasteiger partial charge in [0, 0.05) is 11.8 Å². The third-order valence-corrected chi connectivity index (χ3v) is 5.62. The molecule has 2 unspecified atom stereocenters. The number of allylic oxidation sites excluding steroid dienone is 8. The number of hydrogen-bond acceptors (Lipinski definition) is 0. The Kier molecular flexibility index (Phi) is 1.80. The maximum Gasteiger partial charge on any atom is 0.0211 e. The van der Waals surface area contributed by atoms with E-state index in [1.165, 1.54) is 39.0 Å². The Labute approximate surface area is 129 Å². The molecule has 6 rings (SSSR count). The molecule has 0 heterocycles. The summed E-state index contributed by atoms with van der Waals surface area (Å²) in [6, 6.07) is 17.8. The predicted octanol–water partition coefficient (Wildman–Crippen LogP) is 5.22. The van der Waals surface area contributed by atoms with Crippen molar-refractivity contribution < 1.29 is 0 Å². The second-order valence-corrected chi connectivity index (χ2v) is 6.53. The molecule has 0 amide bonds. The highest BCUT2D eigenvalue weighted by Crippen LogP contribution is 2.61. The van der Waals surface area contributed by atoms with Gasteiger partial charge in [-0.1, -0.05) is 72.8 Å². The van der Waals surface area contributed by atoms with Gasteiger partial charge in [-0.25, -0.2) is 0 Å². The first-order chi connectivity index (χ1) is 10.9. The molecule has 22 heavy (non-hydrogen) atoms. The Morgan fingerprint density at radius 3 is 2.41 bits per heavy atom. The van der Waals surface area contributed by atoms with Crippen LogP contribution in [0.1, 0.15) is 28.2 Å². The fourth-order valence-corrected chi connectivity index (χ4v) is 4.79. The van der Waals surface area contributed by atoms with Gasteiger partial charge in [-0.3, -0.25) is 0 Å². The minimum Gasteiger partial charge on any atom is -0.0754 e. The molecule has 0 fully saturated rings. The third-order valence-electron chi connectivity index (χ3n) is 5.62. The van der Waals surface area contributed by atoms with Crippen LogP contribution in [0.5, 0.6) is 0 Å². The molecule has 4 aliphatic carbocycles. The zero-order chi connectivity index (χ0) is 14.3. The van der Waals surface area contributed by atoms with E-state index in [0.29, 0.717) is 11.8 Å². The number of rotatable bonds is 0. The Balaban J connectivity index is 1.71. The summed E-state index contributed by atoms with van der Waals surface area (Å²) in [6.45, 7) is 0. The van der Waals surface area contributed by atoms with Crippen LogP contribution in [0, 0.1) is 5.92 Å². The van der Waals surface area contributed by atoms with Gasteiger partial charge in [0.2, 0.25) is 0 Å². The first kappa shape index (κ1) is 11.0. The van der Waals surface area contributed by atoms with Crippen molar-refractivity contribution in [3.05, 3.63) is 101 Å². The molecule has 0 heteroatoms. The summed E-state index contributed by atoms with van der Waals surface area (Å²) in [4.78, 5) is 0. The third kappa shape index (κ3) is 1.09. The van der Waals surface area contributed by atoms with Crippen molar-refractivity contribution >= 4 is 16.7 Å². The lowest BCUT2D eigenvalue weighted by atomic mass is 9.74. The van der Waals surface area contributed by atoms with Crippen LogP contribution in [-0.4, -0.2) is 0 Å². The van der Waals surface area contributed by atoms with Gasteiger partial charge in [0.05, 0.1) is 0 Å². The average Bonchev–Trinajstić information content (AvgIpc) is 3.08. The number of fused-ring (bicyclic) bond motifs is 6. The molecule has 0 saturated heterocycles. The van der Waals surface area contributed by atoms with Crippen LogP contribution in [0.4, 0.5) is 0 Å². The summed E-state index contributed by atoms with van der Waals surface area (Å²) in [5, 5.41) is 0. The number of benzene rings is 2. The second kappa shape index (κ2) is 3.59. The van der Waals surface area contributed by atoms with Crippen LogP contribution in [0.15, 0.2) is 78.4 Å². The SMILES string of the molecule is C1=CC2c3ccccc3C3=CC=C4C(=C1c1ccccc14)C32. The van der Waals surface area contributed by atoms with Gasteiger partial charge in [0.1, 0.15) is 0 Å². The van der Waals surface area contributed by atoms with Crippen molar-refractivity contribution in [2.45, 2.75) is 5.92 Å². The normalized spacial score (nSPS) is 25.5. The molecule has 0 aromatic heterocycles. The van der Waals surface area contributed by atoms with Crippen LogP contribution in [0.3, 0.4) is 0 Å². The summed E-state index contributed by atoms with van der Waals surface area (Å²) in [5.41, 5.74) is 11.7. The van der Waals surface area contributed by atoms with E-state index in [9.17, 15) is 0 Å². The Morgan fingerprint density at radius 1 is 0.727 bits per heavy atom. The maximum atomic E-state index is 2.42. The highest BCUT2D eigenvalue weighted by atomic mass is 14.5. The standard InChI is InChI=1S/C22H14/c1-2-6-14-13(5-1)17-9-10-19-15-7-3-4-8-16(15)20-12-11-18(14)21(17)22(19)20/h1-12,17,21H. The molecule has 4 aliphatic rings. The molecule has 2 aromatic carbocycles. The van der Waals surface area contributed by atoms with Gasteiger partial charge in [0.15, 0.2) is 0 Å². The smallest absolute Gasteiger partial charge is 0.0211 e. The summed E-state index contributed by atoms with van der Waals surface area (Å²) < 4.78 is 0. The van der Waals surface area contributed by atoms with E-state index in [-0.39, 0.29) is 0 Å². The van der Waals surface area contributed by atoms with Crippen molar-refractivity contribution in [2.75, 3.05) is 0 Å². The van der Waals surface area contributed by atoms with Gasteiger partial charge in [-0.2, -0.15) is 0 Å². The first-order valence-electron chi connectivity index (χ1n) is 7.97. The van der Waals surface area contributed by atoms with E-state index >= 15 is 0 Å². The molecular formula is C22H14. The molecule has 0 saturated carbocycles. The van der Waals surface area contributed by atoms with E-state index in [0.717, 1.165) is 0 Å². The fourth-order valence-electron chi connectivity index (χ4n) is 4.79. The zero-order valence-electron chi connectivity index (χ0n) is 12.1. The van der Waals surface area contributed by atoms with Crippen LogP contribution in [-0.2, 0) is 0 Å². The monoisotopic (exact) mass is 278 g/mol. The van der Waals surface area contributed by atoms with Crippen molar-refractivity contribution in [2.24, 2.45) is 5.92 Å². The minimum absolute atomic E-state index is 0.513. The van der Waals surface area contributed by atoms with E-state index in [4.69, 9.17) is 0 Å². The van der Waals surface area contributed by atoms with Crippen LogP contribution in [0.25, 0.3) is 16.7 Å². The second-order valence-electron chi connectivity index (χ2n) is 6.53. The lowest BCUT2D eigenvalue weighted by Crippen LogP contribution is -2.14. The summed E-state index contributed by atoms with van der Waals surface area (Å²) in [7, 11) is 0. The molecule has 102 valence electrons. The maximum absolute atomic E-state index is 2.42. The van der Waals surface area contributed by atoms with Gasteiger partial charge >= 0.3 is 0 Å². The molecule has 0 bridgehead atoms. The lowest BCUT2D eigenvalue weighted by Gasteiger charge is -2.28. The predicted molar refractivity (Wildman–Crippen MR) is 91.1 cm³/mol. The molecule has 2 aromatic rings. The van der Waals surface area contributed by atoms with Crippen LogP contribution >= 0.6 is 0 Å². The minimum atomic E-state index is 0.513. The molecule has 2 atom stereocenters. The van der Waals surface area contributed by atoms with Crippen molar-refractivity contribution in [1.29, 1.82) is 0 Å². The van der Waals surface area contributed by atoms with Crippen LogP contribution in [0.2, 0.25) is 0 Å².